The van der Waals surface area contributed by atoms with Crippen molar-refractivity contribution >= 4 is 17.8 Å². The Balaban J connectivity index is 1.37. The minimum atomic E-state index is -0.584. The zero-order chi connectivity index (χ0) is 25.9. The molecule has 4 aromatic carbocycles. The van der Waals surface area contributed by atoms with E-state index in [1.807, 2.05) is 54.6 Å². The van der Waals surface area contributed by atoms with Crippen LogP contribution in [-0.4, -0.2) is 26.0 Å². The molecule has 37 heavy (non-hydrogen) atoms. The zero-order valence-corrected chi connectivity index (χ0v) is 20.6. The first kappa shape index (κ1) is 23.9. The summed E-state index contributed by atoms with van der Waals surface area (Å²) in [6.45, 7) is 1.75. The van der Waals surface area contributed by atoms with Crippen LogP contribution in [0.3, 0.4) is 0 Å². The number of rotatable bonds is 6. The summed E-state index contributed by atoms with van der Waals surface area (Å²) in [6.07, 6.45) is 1.71. The molecule has 0 radical (unpaired) electrons. The first-order chi connectivity index (χ1) is 18.0. The number of Topliss-reactive ketones (excluding diaryl/α,β-unsaturated/α-hetero) is 1. The van der Waals surface area contributed by atoms with Crippen molar-refractivity contribution in [2.24, 2.45) is 0 Å². The molecule has 0 aromatic heterocycles. The Morgan fingerprint density at radius 1 is 0.811 bits per heavy atom. The van der Waals surface area contributed by atoms with Gasteiger partial charge in [-0.15, -0.1) is 0 Å². The van der Waals surface area contributed by atoms with Crippen LogP contribution >= 0.6 is 0 Å². The maximum Gasteiger partial charge on any atom is 0.343 e. The van der Waals surface area contributed by atoms with Crippen LogP contribution in [0.15, 0.2) is 90.7 Å². The number of esters is 1. The molecule has 184 valence electrons. The quantitative estimate of drug-likeness (QED) is 0.173. The summed E-state index contributed by atoms with van der Waals surface area (Å²) < 4.78 is 22.1. The molecular weight excluding hydrogens is 468 g/mol. The van der Waals surface area contributed by atoms with Crippen LogP contribution in [0.4, 0.5) is 0 Å². The number of methoxy groups -OCH3 is 2. The zero-order valence-electron chi connectivity index (χ0n) is 20.6. The molecule has 1 aliphatic rings. The lowest BCUT2D eigenvalue weighted by Gasteiger charge is -2.11. The average molecular weight is 493 g/mol. The van der Waals surface area contributed by atoms with Gasteiger partial charge in [0.05, 0.1) is 25.3 Å². The van der Waals surface area contributed by atoms with Crippen LogP contribution in [0.1, 0.15) is 31.8 Å². The van der Waals surface area contributed by atoms with E-state index in [4.69, 9.17) is 18.9 Å². The van der Waals surface area contributed by atoms with Crippen molar-refractivity contribution in [1.82, 2.24) is 0 Å². The van der Waals surface area contributed by atoms with Crippen LogP contribution < -0.4 is 18.9 Å². The monoisotopic (exact) mass is 492 g/mol. The molecule has 5 rings (SSSR count). The van der Waals surface area contributed by atoms with Gasteiger partial charge in [-0.25, -0.2) is 4.79 Å². The summed E-state index contributed by atoms with van der Waals surface area (Å²) in [6, 6.07) is 26.0. The fourth-order valence-electron chi connectivity index (χ4n) is 4.12. The molecule has 4 aromatic rings. The molecule has 0 atom stereocenters. The third kappa shape index (κ3) is 4.82. The first-order valence-corrected chi connectivity index (χ1v) is 11.7. The van der Waals surface area contributed by atoms with Gasteiger partial charge in [0, 0.05) is 11.6 Å². The largest absolute Gasteiger partial charge is 0.497 e. The summed E-state index contributed by atoms with van der Waals surface area (Å²) in [4.78, 5) is 25.9. The molecule has 6 nitrogen and oxygen atoms in total. The summed E-state index contributed by atoms with van der Waals surface area (Å²) in [5, 5.41) is 0. The molecule has 0 saturated heterocycles. The van der Waals surface area contributed by atoms with Crippen LogP contribution in [0.2, 0.25) is 0 Å². The van der Waals surface area contributed by atoms with E-state index in [0.717, 1.165) is 16.7 Å². The summed E-state index contributed by atoms with van der Waals surface area (Å²) in [5.74, 6) is 1.03. The standard InChI is InChI=1S/C31H24O6/c1-19-27(37-31(33)23-16-24(34-2)18-25(17-23)35-3)14-13-26-29(32)28(36-30(19)26)15-20-9-11-22(12-10-20)21-7-5-4-6-8-21/h4-18H,1-3H3/b28-15-. The van der Waals surface area contributed by atoms with Crippen molar-refractivity contribution in [2.45, 2.75) is 6.92 Å². The van der Waals surface area contributed by atoms with E-state index < -0.39 is 5.97 Å². The third-order valence-electron chi connectivity index (χ3n) is 6.14. The lowest BCUT2D eigenvalue weighted by atomic mass is 10.0. The van der Waals surface area contributed by atoms with Gasteiger partial charge in [0.1, 0.15) is 23.0 Å². The Kier molecular flexibility index (Phi) is 6.47. The molecule has 0 N–H and O–H groups in total. The number of allylic oxidation sites excluding steroid dienone is 1. The van der Waals surface area contributed by atoms with Crippen LogP contribution in [0, 0.1) is 6.92 Å². The topological polar surface area (TPSA) is 71.1 Å². The number of hydrogen-bond acceptors (Lipinski definition) is 6. The second-order valence-electron chi connectivity index (χ2n) is 8.48. The van der Waals surface area contributed by atoms with Gasteiger partial charge in [0.2, 0.25) is 5.78 Å². The van der Waals surface area contributed by atoms with Crippen molar-refractivity contribution in [3.63, 3.8) is 0 Å². The summed E-state index contributed by atoms with van der Waals surface area (Å²) >= 11 is 0. The predicted octanol–water partition coefficient (Wildman–Crippen LogP) is 6.51. The number of carbonyl (C=O) groups excluding carboxylic acids is 2. The van der Waals surface area contributed by atoms with E-state index in [1.54, 1.807) is 43.3 Å². The molecule has 1 aliphatic heterocycles. The van der Waals surface area contributed by atoms with Gasteiger partial charge >= 0.3 is 5.97 Å². The van der Waals surface area contributed by atoms with Crippen LogP contribution in [0.5, 0.6) is 23.0 Å². The summed E-state index contributed by atoms with van der Waals surface area (Å²) in [7, 11) is 3.01. The molecular formula is C31H24O6. The molecule has 0 bridgehead atoms. The Morgan fingerprint density at radius 3 is 2.11 bits per heavy atom. The van der Waals surface area contributed by atoms with E-state index in [2.05, 4.69) is 0 Å². The second-order valence-corrected chi connectivity index (χ2v) is 8.48. The van der Waals surface area contributed by atoms with Gasteiger partial charge in [-0.1, -0.05) is 54.6 Å². The highest BCUT2D eigenvalue weighted by Gasteiger charge is 2.30. The van der Waals surface area contributed by atoms with E-state index >= 15 is 0 Å². The Labute approximate surface area is 214 Å². The minimum absolute atomic E-state index is 0.214. The van der Waals surface area contributed by atoms with E-state index in [0.29, 0.717) is 34.1 Å². The number of benzene rings is 4. The molecule has 0 aliphatic carbocycles. The number of ether oxygens (including phenoxy) is 4. The molecule has 6 heteroatoms. The Morgan fingerprint density at radius 2 is 1.46 bits per heavy atom. The first-order valence-electron chi connectivity index (χ1n) is 11.7. The van der Waals surface area contributed by atoms with Crippen molar-refractivity contribution in [3.8, 4) is 34.1 Å². The van der Waals surface area contributed by atoms with Crippen LogP contribution in [-0.2, 0) is 0 Å². The number of fused-ring (bicyclic) bond motifs is 1. The SMILES string of the molecule is COc1cc(OC)cc(C(=O)Oc2ccc3c(c2C)O/C(=C\c2ccc(-c4ccccc4)cc2)C3=O)c1. The maximum atomic E-state index is 13.0. The second kappa shape index (κ2) is 10.0. The minimum Gasteiger partial charge on any atom is -0.497 e. The Bertz CT molecular complexity index is 1500. The molecule has 0 amide bonds. The highest BCUT2D eigenvalue weighted by molar-refractivity contribution is 6.15. The number of ketones is 1. The van der Waals surface area contributed by atoms with Gasteiger partial charge in [0.15, 0.2) is 5.76 Å². The van der Waals surface area contributed by atoms with E-state index in [1.165, 1.54) is 14.2 Å². The van der Waals surface area contributed by atoms with Gasteiger partial charge in [-0.05, 0) is 54.0 Å². The van der Waals surface area contributed by atoms with Crippen LogP contribution in [0.25, 0.3) is 17.2 Å². The number of carbonyl (C=O) groups is 2. The van der Waals surface area contributed by atoms with Crippen molar-refractivity contribution in [3.05, 3.63) is 113 Å². The lowest BCUT2D eigenvalue weighted by molar-refractivity contribution is 0.0732. The smallest absolute Gasteiger partial charge is 0.343 e. The fraction of sp³-hybridized carbons (Fsp3) is 0.0968. The van der Waals surface area contributed by atoms with E-state index in [9.17, 15) is 9.59 Å². The maximum absolute atomic E-state index is 13.0. The number of hydrogen-bond donors (Lipinski definition) is 0. The van der Waals surface area contributed by atoms with Gasteiger partial charge in [0.25, 0.3) is 0 Å². The Hall–Kier alpha value is -4.84. The van der Waals surface area contributed by atoms with Crippen molar-refractivity contribution < 1.29 is 28.5 Å². The molecule has 1 heterocycles. The van der Waals surface area contributed by atoms with Crippen molar-refractivity contribution in [2.75, 3.05) is 14.2 Å². The predicted molar refractivity (Wildman–Crippen MR) is 140 cm³/mol. The van der Waals surface area contributed by atoms with Crippen molar-refractivity contribution in [1.29, 1.82) is 0 Å². The fourth-order valence-corrected chi connectivity index (χ4v) is 4.12. The highest BCUT2D eigenvalue weighted by Crippen LogP contribution is 2.39. The van der Waals surface area contributed by atoms with Gasteiger partial charge in [-0.2, -0.15) is 0 Å². The molecule has 0 saturated carbocycles. The lowest BCUT2D eigenvalue weighted by Crippen LogP contribution is -2.10. The van der Waals surface area contributed by atoms with Gasteiger partial charge < -0.3 is 18.9 Å². The molecule has 0 fully saturated rings. The molecule has 0 unspecified atom stereocenters. The van der Waals surface area contributed by atoms with Gasteiger partial charge in [-0.3, -0.25) is 4.79 Å². The summed E-state index contributed by atoms with van der Waals surface area (Å²) in [5.41, 5.74) is 4.29. The van der Waals surface area contributed by atoms with E-state index in [-0.39, 0.29) is 17.1 Å². The highest BCUT2D eigenvalue weighted by atomic mass is 16.5. The third-order valence-corrected chi connectivity index (χ3v) is 6.14. The normalized spacial score (nSPS) is 13.2. The molecule has 0 spiro atoms. The average Bonchev–Trinajstić information content (AvgIpc) is 3.26.